The minimum atomic E-state index is -0.324. The van der Waals surface area contributed by atoms with Crippen LogP contribution < -0.4 is 10.6 Å². The third-order valence-corrected chi connectivity index (χ3v) is 3.89. The molecule has 0 aromatic heterocycles. The van der Waals surface area contributed by atoms with E-state index in [1.54, 1.807) is 19.2 Å². The molecule has 0 amide bonds. The van der Waals surface area contributed by atoms with Crippen molar-refractivity contribution in [2.24, 2.45) is 4.99 Å². The second-order valence-corrected chi connectivity index (χ2v) is 5.86. The summed E-state index contributed by atoms with van der Waals surface area (Å²) >= 11 is 5.98. The average molecular weight is 360 g/mol. The van der Waals surface area contributed by atoms with Gasteiger partial charge in [-0.2, -0.15) is 0 Å². The number of ether oxygens (including phenoxy) is 1. The zero-order valence-corrected chi connectivity index (χ0v) is 15.1. The van der Waals surface area contributed by atoms with Gasteiger partial charge in [0.1, 0.15) is 0 Å². The van der Waals surface area contributed by atoms with Crippen LogP contribution in [0.15, 0.2) is 53.5 Å². The topological polar surface area (TPSA) is 62.7 Å². The Balaban J connectivity index is 1.78. The van der Waals surface area contributed by atoms with Crippen LogP contribution in [0.1, 0.15) is 21.5 Å². The van der Waals surface area contributed by atoms with Crippen LogP contribution in [0, 0.1) is 0 Å². The van der Waals surface area contributed by atoms with Gasteiger partial charge in [0.2, 0.25) is 0 Å². The number of benzene rings is 2. The van der Waals surface area contributed by atoms with Gasteiger partial charge in [0.25, 0.3) is 0 Å². The van der Waals surface area contributed by atoms with Crippen molar-refractivity contribution in [3.63, 3.8) is 0 Å². The molecule has 5 nitrogen and oxygen atoms in total. The Bertz CT molecular complexity index is 730. The highest BCUT2D eigenvalue weighted by atomic mass is 35.5. The van der Waals surface area contributed by atoms with Gasteiger partial charge >= 0.3 is 5.97 Å². The number of carbonyl (C=O) groups excluding carboxylic acids is 1. The molecule has 2 aromatic rings. The Labute approximate surface area is 153 Å². The number of aliphatic imine (C=N–C) groups is 1. The fourth-order valence-corrected chi connectivity index (χ4v) is 2.52. The number of carbonyl (C=O) groups is 1. The van der Waals surface area contributed by atoms with E-state index in [0.717, 1.165) is 35.1 Å². The Kier molecular flexibility index (Phi) is 7.29. The highest BCUT2D eigenvalue weighted by Crippen LogP contribution is 2.10. The van der Waals surface area contributed by atoms with E-state index in [9.17, 15) is 4.79 Å². The standard InChI is InChI=1S/C19H22ClN3O2/c1-21-19(23-13-15-4-3-5-17(20)12-15)22-11-10-14-6-8-16(9-7-14)18(24)25-2/h3-9,12H,10-11,13H2,1-2H3,(H2,21,22,23). The Morgan fingerprint density at radius 1 is 1.12 bits per heavy atom. The third kappa shape index (κ3) is 6.12. The molecular formula is C19H22ClN3O2. The Morgan fingerprint density at radius 3 is 2.52 bits per heavy atom. The molecule has 0 radical (unpaired) electrons. The van der Waals surface area contributed by atoms with E-state index in [0.29, 0.717) is 12.1 Å². The van der Waals surface area contributed by atoms with Crippen LogP contribution in [0.25, 0.3) is 0 Å². The molecule has 0 saturated heterocycles. The summed E-state index contributed by atoms with van der Waals surface area (Å²) in [5.74, 6) is 0.404. The van der Waals surface area contributed by atoms with Gasteiger partial charge in [0.05, 0.1) is 12.7 Å². The number of guanidine groups is 1. The molecule has 0 aliphatic heterocycles. The molecule has 0 aliphatic carbocycles. The minimum Gasteiger partial charge on any atom is -0.465 e. The second-order valence-electron chi connectivity index (χ2n) is 5.42. The summed E-state index contributed by atoms with van der Waals surface area (Å²) in [4.78, 5) is 15.6. The van der Waals surface area contributed by atoms with E-state index in [1.807, 2.05) is 36.4 Å². The number of hydrogen-bond donors (Lipinski definition) is 2. The van der Waals surface area contributed by atoms with Crippen molar-refractivity contribution < 1.29 is 9.53 Å². The molecule has 0 atom stereocenters. The van der Waals surface area contributed by atoms with Crippen LogP contribution in [0.3, 0.4) is 0 Å². The van der Waals surface area contributed by atoms with Gasteiger partial charge in [-0.25, -0.2) is 4.79 Å². The first-order valence-corrected chi connectivity index (χ1v) is 8.36. The normalized spacial score (nSPS) is 11.1. The quantitative estimate of drug-likeness (QED) is 0.473. The van der Waals surface area contributed by atoms with Gasteiger partial charge in [0, 0.05) is 25.2 Å². The predicted molar refractivity (Wildman–Crippen MR) is 101 cm³/mol. The molecule has 132 valence electrons. The molecule has 2 aromatic carbocycles. The smallest absolute Gasteiger partial charge is 0.337 e. The lowest BCUT2D eigenvalue weighted by atomic mass is 10.1. The molecule has 0 saturated carbocycles. The summed E-state index contributed by atoms with van der Waals surface area (Å²) in [6.45, 7) is 1.38. The maximum Gasteiger partial charge on any atom is 0.337 e. The molecule has 0 unspecified atom stereocenters. The fourth-order valence-electron chi connectivity index (χ4n) is 2.30. The van der Waals surface area contributed by atoms with Gasteiger partial charge in [-0.1, -0.05) is 35.9 Å². The molecule has 0 spiro atoms. The van der Waals surface area contributed by atoms with Gasteiger partial charge in [-0.3, -0.25) is 4.99 Å². The monoisotopic (exact) mass is 359 g/mol. The second kappa shape index (κ2) is 9.69. The number of halogens is 1. The lowest BCUT2D eigenvalue weighted by Gasteiger charge is -2.12. The van der Waals surface area contributed by atoms with Gasteiger partial charge < -0.3 is 15.4 Å². The van der Waals surface area contributed by atoms with Crippen LogP contribution >= 0.6 is 11.6 Å². The van der Waals surface area contributed by atoms with Crippen molar-refractivity contribution in [3.05, 3.63) is 70.2 Å². The van der Waals surface area contributed by atoms with Crippen LogP contribution in [0.5, 0.6) is 0 Å². The average Bonchev–Trinajstić information content (AvgIpc) is 2.64. The Hall–Kier alpha value is -2.53. The fraction of sp³-hybridized carbons (Fsp3) is 0.263. The highest BCUT2D eigenvalue weighted by Gasteiger charge is 2.04. The lowest BCUT2D eigenvalue weighted by molar-refractivity contribution is 0.0600. The minimum absolute atomic E-state index is 0.324. The first-order chi connectivity index (χ1) is 12.1. The van der Waals surface area contributed by atoms with Crippen molar-refractivity contribution in [2.45, 2.75) is 13.0 Å². The van der Waals surface area contributed by atoms with Crippen molar-refractivity contribution in [3.8, 4) is 0 Å². The first-order valence-electron chi connectivity index (χ1n) is 7.98. The van der Waals surface area contributed by atoms with E-state index < -0.39 is 0 Å². The van der Waals surface area contributed by atoms with E-state index in [4.69, 9.17) is 16.3 Å². The molecule has 2 rings (SSSR count). The molecule has 6 heteroatoms. The number of nitrogens with one attached hydrogen (secondary N) is 2. The SMILES string of the molecule is CN=C(NCCc1ccc(C(=O)OC)cc1)NCc1cccc(Cl)c1. The van der Waals surface area contributed by atoms with Crippen molar-refractivity contribution >= 4 is 23.5 Å². The summed E-state index contributed by atoms with van der Waals surface area (Å²) in [6.07, 6.45) is 0.819. The predicted octanol–water partition coefficient (Wildman–Crippen LogP) is 3.03. The molecule has 25 heavy (non-hydrogen) atoms. The molecule has 0 fully saturated rings. The number of esters is 1. The van der Waals surface area contributed by atoms with Crippen LogP contribution in [-0.2, 0) is 17.7 Å². The van der Waals surface area contributed by atoms with Crippen LogP contribution in [0.2, 0.25) is 5.02 Å². The zero-order chi connectivity index (χ0) is 18.1. The summed E-state index contributed by atoms with van der Waals surface area (Å²) in [6, 6.07) is 15.1. The number of methoxy groups -OCH3 is 1. The Morgan fingerprint density at radius 2 is 1.88 bits per heavy atom. The highest BCUT2D eigenvalue weighted by molar-refractivity contribution is 6.30. The first kappa shape index (κ1) is 18.8. The molecular weight excluding hydrogens is 338 g/mol. The van der Waals surface area contributed by atoms with E-state index in [1.165, 1.54) is 7.11 Å². The summed E-state index contributed by atoms with van der Waals surface area (Å²) < 4.78 is 4.69. The summed E-state index contributed by atoms with van der Waals surface area (Å²) in [5, 5.41) is 7.24. The van der Waals surface area contributed by atoms with Crippen molar-refractivity contribution in [2.75, 3.05) is 20.7 Å². The number of hydrogen-bond acceptors (Lipinski definition) is 3. The molecule has 0 heterocycles. The third-order valence-electron chi connectivity index (χ3n) is 3.65. The largest absolute Gasteiger partial charge is 0.465 e. The van der Waals surface area contributed by atoms with E-state index >= 15 is 0 Å². The van der Waals surface area contributed by atoms with Crippen LogP contribution in [0.4, 0.5) is 0 Å². The lowest BCUT2D eigenvalue weighted by Crippen LogP contribution is -2.37. The number of nitrogens with zero attached hydrogens (tertiary/aromatic N) is 1. The van der Waals surface area contributed by atoms with Gasteiger partial charge in [-0.05, 0) is 41.8 Å². The molecule has 2 N–H and O–H groups in total. The molecule has 0 bridgehead atoms. The zero-order valence-electron chi connectivity index (χ0n) is 14.4. The number of rotatable bonds is 6. The summed E-state index contributed by atoms with van der Waals surface area (Å²) in [7, 11) is 3.11. The van der Waals surface area contributed by atoms with Crippen LogP contribution in [-0.4, -0.2) is 32.6 Å². The van der Waals surface area contributed by atoms with Crippen molar-refractivity contribution in [1.82, 2.24) is 10.6 Å². The van der Waals surface area contributed by atoms with Crippen molar-refractivity contribution in [1.29, 1.82) is 0 Å². The maximum absolute atomic E-state index is 11.4. The molecule has 0 aliphatic rings. The van der Waals surface area contributed by atoms with Gasteiger partial charge in [-0.15, -0.1) is 0 Å². The summed E-state index contributed by atoms with van der Waals surface area (Å²) in [5.41, 5.74) is 2.78. The van der Waals surface area contributed by atoms with Gasteiger partial charge in [0.15, 0.2) is 5.96 Å². The van der Waals surface area contributed by atoms with E-state index in [-0.39, 0.29) is 5.97 Å². The maximum atomic E-state index is 11.4. The van der Waals surface area contributed by atoms with E-state index in [2.05, 4.69) is 15.6 Å².